The highest BCUT2D eigenvalue weighted by molar-refractivity contribution is 7.58. The van der Waals surface area contributed by atoms with Crippen molar-refractivity contribution in [1.29, 1.82) is 0 Å². The summed E-state index contributed by atoms with van der Waals surface area (Å²) in [5, 5.41) is 0. The molecule has 0 radical (unpaired) electrons. The van der Waals surface area contributed by atoms with Crippen LogP contribution in [0.2, 0.25) is 0 Å². The van der Waals surface area contributed by atoms with Crippen LogP contribution in [0, 0.1) is 0 Å². The Balaban J connectivity index is 4.81. The molecule has 0 amide bonds. The molecule has 0 heterocycles. The van der Waals surface area contributed by atoms with Crippen LogP contribution in [0.5, 0.6) is 0 Å². The number of hydrogen-bond donors (Lipinski definition) is 0. The minimum atomic E-state index is -5.53. The lowest BCUT2D eigenvalue weighted by Gasteiger charge is -2.17. The molecular formula is C2F6N3P. The Morgan fingerprint density at radius 3 is 1.42 bits per heavy atom. The first-order chi connectivity index (χ1) is 5.19. The van der Waals surface area contributed by atoms with E-state index in [4.69, 9.17) is 5.53 Å². The lowest BCUT2D eigenvalue weighted by Crippen LogP contribution is -2.15. The molecule has 0 fully saturated rings. The minimum Gasteiger partial charge on any atom is -0.166 e. The van der Waals surface area contributed by atoms with Crippen LogP contribution in [-0.4, -0.2) is 11.8 Å². The second-order valence-electron chi connectivity index (χ2n) is 1.43. The van der Waals surface area contributed by atoms with Gasteiger partial charge in [0, 0.05) is 4.91 Å². The zero-order valence-electron chi connectivity index (χ0n) is 5.06. The van der Waals surface area contributed by atoms with Gasteiger partial charge in [0.1, 0.15) is 0 Å². The molecule has 0 unspecified atom stereocenters. The maximum atomic E-state index is 11.4. The summed E-state index contributed by atoms with van der Waals surface area (Å²) in [5.41, 5.74) is 7.44. The Bertz CT molecular complexity index is 186. The van der Waals surface area contributed by atoms with E-state index in [9.17, 15) is 26.3 Å². The third-order valence-corrected chi connectivity index (χ3v) is 1.83. The Hall–Kier alpha value is -0.680. The maximum absolute atomic E-state index is 11.4. The van der Waals surface area contributed by atoms with Crippen molar-refractivity contribution in [2.45, 2.75) is 11.8 Å². The van der Waals surface area contributed by atoms with Gasteiger partial charge in [0.15, 0.2) is 0 Å². The van der Waals surface area contributed by atoms with Crippen LogP contribution in [0.15, 0.2) is 4.88 Å². The molecule has 0 aliphatic rings. The van der Waals surface area contributed by atoms with Crippen LogP contribution < -0.4 is 0 Å². The Labute approximate surface area is 62.8 Å². The highest BCUT2D eigenvalue weighted by atomic mass is 31.1. The second kappa shape index (κ2) is 3.37. The molecule has 70 valence electrons. The second-order valence-corrected chi connectivity index (χ2v) is 3.24. The summed E-state index contributed by atoms with van der Waals surface area (Å²) in [6, 6.07) is 0. The fraction of sp³-hybridized carbons (Fsp3) is 1.00. The number of hydrogen-bond acceptors (Lipinski definition) is 1. The van der Waals surface area contributed by atoms with Crippen LogP contribution in [0.25, 0.3) is 10.4 Å². The number of alkyl halides is 6. The summed E-state index contributed by atoms with van der Waals surface area (Å²) in [7, 11) is -4.63. The van der Waals surface area contributed by atoms with Gasteiger partial charge in [0.2, 0.25) is 8.07 Å². The van der Waals surface area contributed by atoms with E-state index < -0.39 is 19.9 Å². The number of nitrogens with zero attached hydrogens (tertiary/aromatic N) is 3. The number of azide groups is 1. The summed E-state index contributed by atoms with van der Waals surface area (Å²) in [6.07, 6.45) is 0. The van der Waals surface area contributed by atoms with E-state index in [1.807, 2.05) is 0 Å². The molecule has 10 heteroatoms. The highest BCUT2D eigenvalue weighted by Gasteiger charge is 2.56. The van der Waals surface area contributed by atoms with Crippen LogP contribution in [0.3, 0.4) is 0 Å². The van der Waals surface area contributed by atoms with Gasteiger partial charge in [-0.3, -0.25) is 0 Å². The van der Waals surface area contributed by atoms with Crippen LogP contribution in [0.1, 0.15) is 0 Å². The molecule has 0 spiro atoms. The predicted molar refractivity (Wildman–Crippen MR) is 28.2 cm³/mol. The van der Waals surface area contributed by atoms with Gasteiger partial charge >= 0.3 is 11.8 Å². The van der Waals surface area contributed by atoms with Gasteiger partial charge in [-0.1, -0.05) is 4.88 Å². The zero-order valence-corrected chi connectivity index (χ0v) is 5.95. The first-order valence-electron chi connectivity index (χ1n) is 2.18. The van der Waals surface area contributed by atoms with Gasteiger partial charge in [-0.05, 0) is 5.53 Å². The van der Waals surface area contributed by atoms with Gasteiger partial charge < -0.3 is 0 Å². The van der Waals surface area contributed by atoms with Crippen LogP contribution >= 0.6 is 8.07 Å². The van der Waals surface area contributed by atoms with Gasteiger partial charge in [0.25, 0.3) is 0 Å². The zero-order chi connectivity index (χ0) is 9.99. The Morgan fingerprint density at radius 2 is 1.33 bits per heavy atom. The SMILES string of the molecule is [N-]=[N+]=NP(C(F)(F)F)C(F)(F)F. The molecule has 0 saturated heterocycles. The summed E-state index contributed by atoms with van der Waals surface area (Å²) >= 11 is 0. The molecule has 0 rings (SSSR count). The molecule has 0 bridgehead atoms. The third kappa shape index (κ3) is 3.15. The van der Waals surface area contributed by atoms with Crippen molar-refractivity contribution in [2.75, 3.05) is 0 Å². The first-order valence-corrected chi connectivity index (χ1v) is 3.48. The molecule has 0 saturated carbocycles. The van der Waals surface area contributed by atoms with Crippen LogP contribution in [-0.2, 0) is 0 Å². The average molecular weight is 211 g/mol. The fourth-order valence-corrected chi connectivity index (χ4v) is 0.855. The molecule has 0 aliphatic heterocycles. The molecule has 0 aliphatic carbocycles. The summed E-state index contributed by atoms with van der Waals surface area (Å²) in [5.74, 6) is -11.1. The van der Waals surface area contributed by atoms with E-state index in [1.165, 1.54) is 4.91 Å². The quantitative estimate of drug-likeness (QED) is 0.208. The van der Waals surface area contributed by atoms with Crippen molar-refractivity contribution in [2.24, 2.45) is 4.88 Å². The normalized spacial score (nSPS) is 12.9. The van der Waals surface area contributed by atoms with E-state index >= 15 is 0 Å². The van der Waals surface area contributed by atoms with E-state index in [-0.39, 0.29) is 0 Å². The van der Waals surface area contributed by atoms with E-state index in [1.54, 1.807) is 4.88 Å². The van der Waals surface area contributed by atoms with Gasteiger partial charge in [-0.15, -0.1) is 0 Å². The van der Waals surface area contributed by atoms with E-state index in [2.05, 4.69) is 0 Å². The van der Waals surface area contributed by atoms with E-state index in [0.717, 1.165) is 0 Å². The summed E-state index contributed by atoms with van der Waals surface area (Å²) in [6.45, 7) is 0. The molecule has 0 aromatic rings. The third-order valence-electron chi connectivity index (χ3n) is 0.610. The lowest BCUT2D eigenvalue weighted by molar-refractivity contribution is -0.0834. The van der Waals surface area contributed by atoms with Gasteiger partial charge in [-0.2, -0.15) is 26.3 Å². The molecule has 0 atom stereocenters. The molecule has 0 aromatic heterocycles. The smallest absolute Gasteiger partial charge is 0.166 e. The molecular weight excluding hydrogens is 211 g/mol. The lowest BCUT2D eigenvalue weighted by atomic mass is 11.5. The monoisotopic (exact) mass is 211 g/mol. The van der Waals surface area contributed by atoms with Crippen LogP contribution in [0.4, 0.5) is 26.3 Å². The van der Waals surface area contributed by atoms with Gasteiger partial charge in [-0.25, -0.2) is 0 Å². The van der Waals surface area contributed by atoms with E-state index in [0.29, 0.717) is 0 Å². The average Bonchev–Trinajstić information content (AvgIpc) is 1.77. The van der Waals surface area contributed by atoms with Crippen molar-refractivity contribution in [3.05, 3.63) is 10.4 Å². The first kappa shape index (κ1) is 11.3. The predicted octanol–water partition coefficient (Wildman–Crippen LogP) is 3.73. The Morgan fingerprint density at radius 1 is 1.00 bits per heavy atom. The Kier molecular flexibility index (Phi) is 3.17. The highest BCUT2D eigenvalue weighted by Crippen LogP contribution is 2.65. The maximum Gasteiger partial charge on any atom is 0.420 e. The van der Waals surface area contributed by atoms with Gasteiger partial charge in [0.05, 0.1) is 0 Å². The molecule has 12 heavy (non-hydrogen) atoms. The molecule has 0 aromatic carbocycles. The van der Waals surface area contributed by atoms with Crippen molar-refractivity contribution < 1.29 is 26.3 Å². The van der Waals surface area contributed by atoms with Crippen molar-refractivity contribution in [3.8, 4) is 0 Å². The fourth-order valence-electron chi connectivity index (χ4n) is 0.285. The minimum absolute atomic E-state index is 1.48. The summed E-state index contributed by atoms with van der Waals surface area (Å²) < 4.78 is 68.7. The molecule has 0 N–H and O–H groups in total. The van der Waals surface area contributed by atoms with Crippen molar-refractivity contribution in [1.82, 2.24) is 0 Å². The molecule has 3 nitrogen and oxygen atoms in total. The standard InChI is InChI=1S/C2F6N3P/c3-1(4,5)12(11-10-9)2(6,7)8. The summed E-state index contributed by atoms with van der Waals surface area (Å²) in [4.78, 5) is 3.14. The van der Waals surface area contributed by atoms with Crippen molar-refractivity contribution in [3.63, 3.8) is 0 Å². The topological polar surface area (TPSA) is 48.8 Å². The largest absolute Gasteiger partial charge is 0.420 e. The number of rotatable bonds is 1. The number of halogens is 6. The van der Waals surface area contributed by atoms with Crippen molar-refractivity contribution >= 4 is 8.07 Å².